The third kappa shape index (κ3) is 4.46. The highest BCUT2D eigenvalue weighted by Gasteiger charge is 2.23. The number of fused-ring (bicyclic) bond motifs is 2. The van der Waals surface area contributed by atoms with Crippen LogP contribution in [0.5, 0.6) is 0 Å². The number of imidazole rings is 2. The lowest BCUT2D eigenvalue weighted by atomic mass is 9.85. The van der Waals surface area contributed by atoms with Crippen LogP contribution in [-0.2, 0) is 24.8 Å². The van der Waals surface area contributed by atoms with Crippen LogP contribution in [0.4, 0.5) is 0 Å². The maximum atomic E-state index is 11.8. The molecule has 0 saturated carbocycles. The average Bonchev–Trinajstić information content (AvgIpc) is 3.47. The molecule has 0 bridgehead atoms. The summed E-state index contributed by atoms with van der Waals surface area (Å²) in [5.41, 5.74) is 9.09. The Morgan fingerprint density at radius 2 is 1.85 bits per heavy atom. The van der Waals surface area contributed by atoms with E-state index in [0.29, 0.717) is 18.5 Å². The lowest BCUT2D eigenvalue weighted by Gasteiger charge is -2.19. The maximum Gasteiger partial charge on any atom is 0.332 e. The molecule has 0 saturated heterocycles. The van der Waals surface area contributed by atoms with Crippen molar-refractivity contribution in [1.82, 2.24) is 19.1 Å². The van der Waals surface area contributed by atoms with E-state index in [0.717, 1.165) is 68.8 Å². The van der Waals surface area contributed by atoms with Crippen LogP contribution in [0.1, 0.15) is 48.2 Å². The van der Waals surface area contributed by atoms with E-state index in [1.54, 1.807) is 6.08 Å². The van der Waals surface area contributed by atoms with Gasteiger partial charge in [0.05, 0.1) is 22.1 Å². The number of hydrogen-bond acceptors (Lipinski definition) is 3. The molecule has 5 aromatic rings. The molecule has 0 radical (unpaired) electrons. The number of para-hydroxylation sites is 2. The zero-order chi connectivity index (χ0) is 27.1. The van der Waals surface area contributed by atoms with Crippen LogP contribution in [0.3, 0.4) is 0 Å². The van der Waals surface area contributed by atoms with Gasteiger partial charge in [-0.3, -0.25) is 0 Å². The molecule has 0 amide bonds. The maximum absolute atomic E-state index is 11.8. The fourth-order valence-electron chi connectivity index (χ4n) is 5.77. The molecule has 1 aliphatic rings. The summed E-state index contributed by atoms with van der Waals surface area (Å²) in [6, 6.07) is 21.0. The van der Waals surface area contributed by atoms with E-state index in [4.69, 9.17) is 9.97 Å². The fraction of sp³-hybridized carbons (Fsp3) is 0.242. The molecule has 1 N–H and O–H groups in total. The minimum atomic E-state index is -0.852. The number of aliphatic carboxylic acids is 1. The Morgan fingerprint density at radius 1 is 1.05 bits per heavy atom. The number of nitrogens with zero attached hydrogens (tertiary/aromatic N) is 4. The summed E-state index contributed by atoms with van der Waals surface area (Å²) >= 11 is 0. The van der Waals surface area contributed by atoms with Crippen LogP contribution in [0, 0.1) is 6.92 Å². The van der Waals surface area contributed by atoms with Gasteiger partial charge in [-0.15, -0.1) is 0 Å². The molecule has 0 fully saturated rings. The van der Waals surface area contributed by atoms with Crippen molar-refractivity contribution in [1.29, 1.82) is 0 Å². The van der Waals surface area contributed by atoms with Gasteiger partial charge >= 0.3 is 5.97 Å². The van der Waals surface area contributed by atoms with E-state index in [1.165, 1.54) is 0 Å². The number of aromatic nitrogens is 4. The molecule has 6 nitrogen and oxygen atoms in total. The predicted molar refractivity (Wildman–Crippen MR) is 156 cm³/mol. The molecule has 6 heteroatoms. The number of carboxylic acid groups (broad SMARTS) is 1. The molecule has 6 rings (SSSR count). The first-order valence-electron chi connectivity index (χ1n) is 13.5. The number of hydrogen-bond donors (Lipinski definition) is 1. The third-order valence-corrected chi connectivity index (χ3v) is 7.77. The summed E-state index contributed by atoms with van der Waals surface area (Å²) in [7, 11) is 2.07. The van der Waals surface area contributed by atoms with Crippen molar-refractivity contribution in [2.24, 2.45) is 7.05 Å². The topological polar surface area (TPSA) is 72.9 Å². The van der Waals surface area contributed by atoms with Gasteiger partial charge in [0.25, 0.3) is 0 Å². The first kappa shape index (κ1) is 24.9. The van der Waals surface area contributed by atoms with Gasteiger partial charge in [0.1, 0.15) is 11.6 Å². The van der Waals surface area contributed by atoms with E-state index in [2.05, 4.69) is 78.6 Å². The van der Waals surface area contributed by atoms with E-state index >= 15 is 0 Å². The average molecular weight is 517 g/mol. The van der Waals surface area contributed by atoms with Crippen molar-refractivity contribution < 1.29 is 9.90 Å². The second-order valence-electron chi connectivity index (χ2n) is 10.4. The summed E-state index contributed by atoms with van der Waals surface area (Å²) in [6.45, 7) is 5.01. The zero-order valence-corrected chi connectivity index (χ0v) is 22.6. The molecule has 196 valence electrons. The van der Waals surface area contributed by atoms with Gasteiger partial charge in [0.15, 0.2) is 0 Å². The van der Waals surface area contributed by atoms with Gasteiger partial charge in [0.2, 0.25) is 0 Å². The van der Waals surface area contributed by atoms with Crippen molar-refractivity contribution in [2.45, 2.75) is 45.6 Å². The second kappa shape index (κ2) is 10.0. The zero-order valence-electron chi connectivity index (χ0n) is 22.6. The number of allylic oxidation sites excluding steroid dienone is 3. The lowest BCUT2D eigenvalue weighted by Crippen LogP contribution is -2.13. The number of carboxylic acids is 1. The summed E-state index contributed by atoms with van der Waals surface area (Å²) in [6.07, 6.45) is 8.19. The third-order valence-electron chi connectivity index (χ3n) is 7.77. The van der Waals surface area contributed by atoms with Crippen LogP contribution in [0.2, 0.25) is 0 Å². The van der Waals surface area contributed by atoms with Gasteiger partial charge in [-0.1, -0.05) is 61.5 Å². The Hall–Kier alpha value is -4.45. The Kier molecular flexibility index (Phi) is 6.39. The van der Waals surface area contributed by atoms with Crippen molar-refractivity contribution in [2.75, 3.05) is 0 Å². The van der Waals surface area contributed by atoms with Gasteiger partial charge in [-0.2, -0.15) is 0 Å². The quantitative estimate of drug-likeness (QED) is 0.254. The molecule has 0 spiro atoms. The number of aryl methyl sites for hydroxylation is 3. The van der Waals surface area contributed by atoms with Crippen LogP contribution >= 0.6 is 0 Å². The summed E-state index contributed by atoms with van der Waals surface area (Å²) < 4.78 is 4.49. The van der Waals surface area contributed by atoms with Gasteiger partial charge < -0.3 is 14.2 Å². The largest absolute Gasteiger partial charge is 0.478 e. The van der Waals surface area contributed by atoms with Crippen molar-refractivity contribution in [3.8, 4) is 11.4 Å². The molecule has 2 aromatic heterocycles. The molecular formula is C33H32N4O2. The minimum absolute atomic E-state index is 0.121. The highest BCUT2D eigenvalue weighted by molar-refractivity contribution is 5.89. The Labute approximate surface area is 228 Å². The second-order valence-corrected chi connectivity index (χ2v) is 10.4. The predicted octanol–water partition coefficient (Wildman–Crippen LogP) is 6.95. The normalized spacial score (nSPS) is 15.3. The summed E-state index contributed by atoms with van der Waals surface area (Å²) in [5, 5.41) is 9.64. The molecule has 2 heterocycles. The van der Waals surface area contributed by atoms with Crippen molar-refractivity contribution in [3.63, 3.8) is 0 Å². The van der Waals surface area contributed by atoms with E-state index in [9.17, 15) is 9.90 Å². The molecule has 1 unspecified atom stereocenters. The summed E-state index contributed by atoms with van der Waals surface area (Å²) in [4.78, 5) is 21.8. The molecule has 1 aliphatic carbocycles. The Morgan fingerprint density at radius 3 is 2.59 bits per heavy atom. The first-order valence-corrected chi connectivity index (χ1v) is 13.5. The highest BCUT2D eigenvalue weighted by atomic mass is 16.4. The Bertz CT molecular complexity index is 1770. The highest BCUT2D eigenvalue weighted by Crippen LogP contribution is 2.33. The number of carbonyl (C=O) groups is 1. The molecule has 1 atom stereocenters. The first-order chi connectivity index (χ1) is 18.9. The lowest BCUT2D eigenvalue weighted by molar-refractivity contribution is -0.133. The van der Waals surface area contributed by atoms with Crippen LogP contribution in [-0.4, -0.2) is 30.2 Å². The molecule has 0 aliphatic heterocycles. The van der Waals surface area contributed by atoms with E-state index in [-0.39, 0.29) is 5.92 Å². The van der Waals surface area contributed by atoms with Gasteiger partial charge in [0, 0.05) is 37.1 Å². The smallest absolute Gasteiger partial charge is 0.332 e. The fourth-order valence-corrected chi connectivity index (χ4v) is 5.77. The van der Waals surface area contributed by atoms with Crippen molar-refractivity contribution >= 4 is 28.0 Å². The van der Waals surface area contributed by atoms with E-state index in [1.807, 2.05) is 24.3 Å². The van der Waals surface area contributed by atoms with Crippen LogP contribution in [0.15, 0.2) is 84.5 Å². The SMILES string of the molecule is CCCc1nc2c(C)cc(-c3nc4ccccc4n3C)cc2n1Cc1ccc(C2CC=CC=C2C(=O)O)cc1. The van der Waals surface area contributed by atoms with Crippen LogP contribution in [0.25, 0.3) is 33.5 Å². The number of rotatable bonds is 7. The molecule has 39 heavy (non-hydrogen) atoms. The molecular weight excluding hydrogens is 484 g/mol. The van der Waals surface area contributed by atoms with E-state index < -0.39 is 5.97 Å². The van der Waals surface area contributed by atoms with Crippen LogP contribution < -0.4 is 0 Å². The van der Waals surface area contributed by atoms with Crippen molar-refractivity contribution in [3.05, 3.63) is 107 Å². The van der Waals surface area contributed by atoms with Gasteiger partial charge in [-0.25, -0.2) is 14.8 Å². The minimum Gasteiger partial charge on any atom is -0.478 e. The molecule has 3 aromatic carbocycles. The monoisotopic (exact) mass is 516 g/mol. The summed E-state index contributed by atoms with van der Waals surface area (Å²) in [5.74, 6) is 1.05. The Balaban J connectivity index is 1.39. The van der Waals surface area contributed by atoms with Gasteiger partial charge in [-0.05, 0) is 60.7 Å². The number of benzene rings is 3. The standard InChI is InChI=1S/C33H32N4O2/c1-4-9-30-35-31-21(2)18-24(32-34-27-12-7-8-13-28(27)36(32)3)19-29(31)37(30)20-22-14-16-23(17-15-22)25-10-5-6-11-26(25)33(38)39/h5-8,11-19,25H,4,9-10,20H2,1-3H3,(H,38,39).